The van der Waals surface area contributed by atoms with Crippen molar-refractivity contribution in [2.24, 2.45) is 0 Å². The molecule has 3 rings (SSSR count). The molecule has 0 spiro atoms. The number of hydrogen-bond donors (Lipinski definition) is 0. The van der Waals surface area contributed by atoms with Gasteiger partial charge in [-0.15, -0.1) is 11.8 Å². The molecule has 0 saturated carbocycles. The third-order valence-electron chi connectivity index (χ3n) is 5.27. The summed E-state index contributed by atoms with van der Waals surface area (Å²) in [6.07, 6.45) is 1.92. The highest BCUT2D eigenvalue weighted by molar-refractivity contribution is 8.00. The summed E-state index contributed by atoms with van der Waals surface area (Å²) in [4.78, 5) is 11.3. The van der Waals surface area contributed by atoms with E-state index in [1.165, 1.54) is 17.3 Å². The molecule has 1 aliphatic heterocycles. The molecule has 28 heavy (non-hydrogen) atoms. The maximum absolute atomic E-state index is 11.3. The van der Waals surface area contributed by atoms with Gasteiger partial charge in [-0.1, -0.05) is 81.4 Å². The lowest BCUT2D eigenvalue weighted by Gasteiger charge is -2.43. The van der Waals surface area contributed by atoms with Gasteiger partial charge in [0.15, 0.2) is 0 Å². The van der Waals surface area contributed by atoms with E-state index < -0.39 is 8.32 Å². The summed E-state index contributed by atoms with van der Waals surface area (Å²) < 4.78 is 12.4. The largest absolute Gasteiger partial charge is 0.451 e. The van der Waals surface area contributed by atoms with Gasteiger partial charge in [0.1, 0.15) is 5.44 Å². The fraction of sp³-hybridized carbons (Fsp3) is 0.435. The third-order valence-corrected chi connectivity index (χ3v) is 11.7. The molecule has 1 saturated heterocycles. The summed E-state index contributed by atoms with van der Waals surface area (Å²) in [6, 6.07) is 21.4. The van der Waals surface area contributed by atoms with E-state index in [9.17, 15) is 4.79 Å². The average molecular weight is 415 g/mol. The topological polar surface area (TPSA) is 35.5 Å². The molecule has 1 fully saturated rings. The van der Waals surface area contributed by atoms with E-state index in [0.29, 0.717) is 11.9 Å². The first-order valence-electron chi connectivity index (χ1n) is 9.90. The van der Waals surface area contributed by atoms with Crippen LogP contribution < -0.4 is 10.4 Å². The molecule has 0 N–H and O–H groups in total. The van der Waals surface area contributed by atoms with Crippen LogP contribution >= 0.6 is 11.8 Å². The Kier molecular flexibility index (Phi) is 6.68. The summed E-state index contributed by atoms with van der Waals surface area (Å²) >= 11 is 1.73. The van der Waals surface area contributed by atoms with E-state index in [-0.39, 0.29) is 16.4 Å². The van der Waals surface area contributed by atoms with E-state index in [1.54, 1.807) is 11.8 Å². The quantitative estimate of drug-likeness (QED) is 0.520. The van der Waals surface area contributed by atoms with Crippen LogP contribution in [0.25, 0.3) is 0 Å². The first kappa shape index (κ1) is 21.2. The van der Waals surface area contributed by atoms with Crippen LogP contribution in [0.4, 0.5) is 0 Å². The summed E-state index contributed by atoms with van der Waals surface area (Å²) in [7, 11) is -2.49. The van der Waals surface area contributed by atoms with Crippen LogP contribution in [0.15, 0.2) is 60.7 Å². The van der Waals surface area contributed by atoms with Crippen molar-refractivity contribution in [1.29, 1.82) is 0 Å². The first-order valence-corrected chi connectivity index (χ1v) is 12.8. The lowest BCUT2D eigenvalue weighted by molar-refractivity contribution is -0.142. The van der Waals surface area contributed by atoms with Gasteiger partial charge in [-0.05, 0) is 28.3 Å². The highest BCUT2D eigenvalue weighted by Crippen LogP contribution is 2.39. The van der Waals surface area contributed by atoms with Crippen molar-refractivity contribution >= 4 is 36.4 Å². The number of hydrogen-bond acceptors (Lipinski definition) is 4. The molecular formula is C23H30O3SSi. The number of benzene rings is 2. The van der Waals surface area contributed by atoms with Crippen molar-refractivity contribution in [2.45, 2.75) is 56.3 Å². The Hall–Kier alpha value is -1.56. The van der Waals surface area contributed by atoms with Gasteiger partial charge in [-0.25, -0.2) is 0 Å². The SMILES string of the molecule is CC(=O)OC1CC[C@@H](CO[Si](c2ccccc2)(c2ccccc2)C(C)(C)C)S1. The Labute approximate surface area is 174 Å². The van der Waals surface area contributed by atoms with Crippen LogP contribution in [0.1, 0.15) is 40.5 Å². The Morgan fingerprint density at radius 3 is 2.00 bits per heavy atom. The van der Waals surface area contributed by atoms with Crippen molar-refractivity contribution < 1.29 is 14.0 Å². The van der Waals surface area contributed by atoms with Gasteiger partial charge < -0.3 is 9.16 Å². The van der Waals surface area contributed by atoms with Gasteiger partial charge in [-0.3, -0.25) is 4.79 Å². The van der Waals surface area contributed by atoms with E-state index in [4.69, 9.17) is 9.16 Å². The molecule has 0 aromatic heterocycles. The zero-order valence-electron chi connectivity index (χ0n) is 17.2. The summed E-state index contributed by atoms with van der Waals surface area (Å²) in [5.41, 5.74) is -0.0368. The number of ether oxygens (including phenoxy) is 1. The fourth-order valence-electron chi connectivity index (χ4n) is 4.05. The number of carbonyl (C=O) groups excluding carboxylic acids is 1. The van der Waals surface area contributed by atoms with E-state index in [1.807, 2.05) is 0 Å². The molecule has 0 radical (unpaired) electrons. The van der Waals surface area contributed by atoms with Crippen molar-refractivity contribution in [3.8, 4) is 0 Å². The van der Waals surface area contributed by atoms with Gasteiger partial charge in [0.05, 0.1) is 0 Å². The molecule has 1 heterocycles. The van der Waals surface area contributed by atoms with Crippen molar-refractivity contribution in [2.75, 3.05) is 6.61 Å². The van der Waals surface area contributed by atoms with Crippen LogP contribution in [0.2, 0.25) is 5.04 Å². The second-order valence-corrected chi connectivity index (χ2v) is 14.1. The molecule has 2 aromatic carbocycles. The predicted molar refractivity (Wildman–Crippen MR) is 120 cm³/mol. The maximum Gasteiger partial charge on any atom is 0.303 e. The molecule has 3 nitrogen and oxygen atoms in total. The smallest absolute Gasteiger partial charge is 0.303 e. The number of esters is 1. The lowest BCUT2D eigenvalue weighted by Crippen LogP contribution is -2.67. The lowest BCUT2D eigenvalue weighted by atomic mass is 10.2. The fourth-order valence-corrected chi connectivity index (χ4v) is 10.1. The van der Waals surface area contributed by atoms with Gasteiger partial charge in [0.25, 0.3) is 8.32 Å². The normalized spacial score (nSPS) is 20.1. The van der Waals surface area contributed by atoms with Crippen LogP contribution in [0.3, 0.4) is 0 Å². The molecule has 1 aliphatic rings. The predicted octanol–water partition coefficient (Wildman–Crippen LogP) is 4.35. The zero-order chi connectivity index (χ0) is 20.2. The highest BCUT2D eigenvalue weighted by Gasteiger charge is 2.50. The minimum Gasteiger partial charge on any atom is -0.451 e. The molecule has 0 amide bonds. The molecule has 2 aromatic rings. The van der Waals surface area contributed by atoms with Crippen LogP contribution in [0, 0.1) is 0 Å². The van der Waals surface area contributed by atoms with Crippen LogP contribution in [-0.4, -0.2) is 31.6 Å². The first-order chi connectivity index (χ1) is 13.3. The van der Waals surface area contributed by atoms with Gasteiger partial charge in [0, 0.05) is 18.8 Å². The molecule has 2 atom stereocenters. The molecule has 1 unspecified atom stereocenters. The number of thioether (sulfide) groups is 1. The summed E-state index contributed by atoms with van der Waals surface area (Å²) in [5, 5.41) is 2.93. The van der Waals surface area contributed by atoms with Gasteiger partial charge in [0.2, 0.25) is 0 Å². The standard InChI is InChI=1S/C23H30O3SSi/c1-18(24)26-22-16-15-19(27-22)17-25-28(23(2,3)4,20-11-7-5-8-12-20)21-13-9-6-10-14-21/h5-14,19,22H,15-17H2,1-4H3/t19-,22?/m0/s1. The van der Waals surface area contributed by atoms with Crippen molar-refractivity contribution in [3.05, 3.63) is 60.7 Å². The van der Waals surface area contributed by atoms with E-state index >= 15 is 0 Å². The molecule has 0 bridgehead atoms. The van der Waals surface area contributed by atoms with Crippen molar-refractivity contribution in [3.63, 3.8) is 0 Å². The van der Waals surface area contributed by atoms with Gasteiger partial charge in [-0.2, -0.15) is 0 Å². The van der Waals surface area contributed by atoms with Crippen molar-refractivity contribution in [1.82, 2.24) is 0 Å². The van der Waals surface area contributed by atoms with Crippen LogP contribution in [0.5, 0.6) is 0 Å². The molecule has 0 aliphatic carbocycles. The second-order valence-electron chi connectivity index (χ2n) is 8.35. The monoisotopic (exact) mass is 414 g/mol. The Balaban J connectivity index is 1.90. The van der Waals surface area contributed by atoms with Gasteiger partial charge >= 0.3 is 5.97 Å². The Morgan fingerprint density at radius 1 is 1.00 bits per heavy atom. The third kappa shape index (κ3) is 4.53. The zero-order valence-corrected chi connectivity index (χ0v) is 19.0. The summed E-state index contributed by atoms with van der Waals surface area (Å²) in [6.45, 7) is 9.04. The second kappa shape index (κ2) is 8.85. The maximum atomic E-state index is 11.3. The van der Waals surface area contributed by atoms with E-state index in [2.05, 4.69) is 81.4 Å². The molecule has 150 valence electrons. The molecular weight excluding hydrogens is 384 g/mol. The Bertz CT molecular complexity index is 734. The van der Waals surface area contributed by atoms with E-state index in [0.717, 1.165) is 12.8 Å². The minimum atomic E-state index is -2.49. The Morgan fingerprint density at radius 2 is 1.54 bits per heavy atom. The number of rotatable bonds is 6. The average Bonchev–Trinajstić information content (AvgIpc) is 3.09. The summed E-state index contributed by atoms with van der Waals surface area (Å²) in [5.74, 6) is -0.203. The minimum absolute atomic E-state index is 0.0196. The number of carbonyl (C=O) groups is 1. The van der Waals surface area contributed by atoms with Crippen LogP contribution in [-0.2, 0) is 14.0 Å². The molecule has 5 heteroatoms. The highest BCUT2D eigenvalue weighted by atomic mass is 32.2.